The fourth-order valence-electron chi connectivity index (χ4n) is 2.06. The number of methoxy groups -OCH3 is 1. The van der Waals surface area contributed by atoms with Crippen LogP contribution in [0, 0.1) is 5.92 Å². The van der Waals surface area contributed by atoms with Crippen LogP contribution in [0.2, 0.25) is 0 Å². The van der Waals surface area contributed by atoms with Gasteiger partial charge in [0.15, 0.2) is 0 Å². The van der Waals surface area contributed by atoms with Gasteiger partial charge in [0, 0.05) is 12.2 Å². The van der Waals surface area contributed by atoms with Crippen LogP contribution in [0.25, 0.3) is 0 Å². The van der Waals surface area contributed by atoms with Gasteiger partial charge in [-0.25, -0.2) is 9.59 Å². The zero-order valence-corrected chi connectivity index (χ0v) is 16.7. The molecule has 3 amide bonds. The summed E-state index contributed by atoms with van der Waals surface area (Å²) in [6.45, 7) is 11.5. The Kier molecular flexibility index (Phi) is 7.29. The second kappa shape index (κ2) is 8.78. The number of carbonyl (C=O) groups is 2. The number of rotatable bonds is 6. The molecule has 0 spiro atoms. The third-order valence-electron chi connectivity index (χ3n) is 4.02. The maximum Gasteiger partial charge on any atom is 0.407 e. The summed E-state index contributed by atoms with van der Waals surface area (Å²) in [5.74, 6) is 0.795. The average Bonchev–Trinajstić information content (AvgIpc) is 2.52. The molecule has 0 aliphatic rings. The maximum absolute atomic E-state index is 12.4. The van der Waals surface area contributed by atoms with Crippen molar-refractivity contribution in [2.45, 2.75) is 52.7 Å². The van der Waals surface area contributed by atoms with Crippen LogP contribution in [-0.4, -0.2) is 36.9 Å². The van der Waals surface area contributed by atoms with Crippen LogP contribution < -0.4 is 20.7 Å². The summed E-state index contributed by atoms with van der Waals surface area (Å²) in [6.07, 6.45) is -0.512. The molecule has 0 saturated heterocycles. The molecular weight excluding hydrogens is 334 g/mol. The highest BCUT2D eigenvalue weighted by molar-refractivity contribution is 5.89. The fourth-order valence-corrected chi connectivity index (χ4v) is 2.06. The maximum atomic E-state index is 12.4. The third kappa shape index (κ3) is 7.21. The second-order valence-corrected chi connectivity index (χ2v) is 7.74. The molecule has 0 radical (unpaired) electrons. The number of carbonyl (C=O) groups excluding carboxylic acids is 2. The molecule has 7 heteroatoms. The predicted molar refractivity (Wildman–Crippen MR) is 103 cm³/mol. The number of hydrogen-bond acceptors (Lipinski definition) is 4. The van der Waals surface area contributed by atoms with Gasteiger partial charge >= 0.3 is 12.1 Å². The molecule has 0 aromatic heterocycles. The van der Waals surface area contributed by atoms with Crippen molar-refractivity contribution in [3.05, 3.63) is 24.3 Å². The molecule has 7 nitrogen and oxygen atoms in total. The van der Waals surface area contributed by atoms with Crippen molar-refractivity contribution < 1.29 is 19.1 Å². The third-order valence-corrected chi connectivity index (χ3v) is 4.02. The van der Waals surface area contributed by atoms with Gasteiger partial charge in [0.25, 0.3) is 0 Å². The van der Waals surface area contributed by atoms with Gasteiger partial charge in [-0.2, -0.15) is 0 Å². The summed E-state index contributed by atoms with van der Waals surface area (Å²) in [6, 6.07) is 6.69. The van der Waals surface area contributed by atoms with Crippen LogP contribution >= 0.6 is 0 Å². The summed E-state index contributed by atoms with van der Waals surface area (Å²) in [5, 5.41) is 8.44. The van der Waals surface area contributed by atoms with Gasteiger partial charge in [-0.15, -0.1) is 0 Å². The van der Waals surface area contributed by atoms with Gasteiger partial charge in [0.2, 0.25) is 0 Å². The lowest BCUT2D eigenvalue weighted by molar-refractivity contribution is 0.0505. The SMILES string of the molecule is COc1ccc(NC(=O)NC(C)(CNC(=O)OC(C)(C)C)C(C)C)cc1. The Morgan fingerprint density at radius 2 is 1.65 bits per heavy atom. The zero-order valence-electron chi connectivity index (χ0n) is 16.7. The predicted octanol–water partition coefficient (Wildman–Crippen LogP) is 3.76. The Balaban J connectivity index is 2.66. The van der Waals surface area contributed by atoms with E-state index in [1.165, 1.54) is 0 Å². The van der Waals surface area contributed by atoms with E-state index in [1.807, 2.05) is 20.8 Å². The van der Waals surface area contributed by atoms with Crippen LogP contribution in [-0.2, 0) is 4.74 Å². The first-order valence-corrected chi connectivity index (χ1v) is 8.65. The first kappa shape index (κ1) is 21.6. The second-order valence-electron chi connectivity index (χ2n) is 7.74. The monoisotopic (exact) mass is 365 g/mol. The Morgan fingerprint density at radius 3 is 2.12 bits per heavy atom. The molecule has 0 heterocycles. The van der Waals surface area contributed by atoms with E-state index in [2.05, 4.69) is 16.0 Å². The fraction of sp³-hybridized carbons (Fsp3) is 0.579. The lowest BCUT2D eigenvalue weighted by atomic mass is 9.88. The first-order chi connectivity index (χ1) is 11.9. The number of urea groups is 1. The van der Waals surface area contributed by atoms with Gasteiger partial charge < -0.3 is 25.4 Å². The minimum absolute atomic E-state index is 0.0825. The highest BCUT2D eigenvalue weighted by Crippen LogP contribution is 2.18. The molecule has 0 saturated carbocycles. The van der Waals surface area contributed by atoms with Gasteiger partial charge in [-0.3, -0.25) is 0 Å². The molecule has 3 N–H and O–H groups in total. The number of alkyl carbamates (subject to hydrolysis) is 1. The van der Waals surface area contributed by atoms with E-state index < -0.39 is 17.2 Å². The number of amides is 3. The van der Waals surface area contributed by atoms with Crippen LogP contribution in [0.3, 0.4) is 0 Å². The van der Waals surface area contributed by atoms with E-state index in [-0.39, 0.29) is 18.5 Å². The van der Waals surface area contributed by atoms with Crippen molar-refractivity contribution in [1.29, 1.82) is 0 Å². The number of nitrogens with one attached hydrogen (secondary N) is 3. The first-order valence-electron chi connectivity index (χ1n) is 8.65. The van der Waals surface area contributed by atoms with Gasteiger partial charge in [0.05, 0.1) is 12.6 Å². The molecule has 1 atom stereocenters. The normalized spacial score (nSPS) is 13.5. The van der Waals surface area contributed by atoms with Gasteiger partial charge in [-0.05, 0) is 57.9 Å². The lowest BCUT2D eigenvalue weighted by Crippen LogP contribution is -2.58. The molecule has 1 aromatic rings. The standard InChI is InChI=1S/C19H31N3O4/c1-13(2)19(6,12-20-17(24)26-18(3,4)5)22-16(23)21-14-8-10-15(25-7)11-9-14/h8-11,13H,12H2,1-7H3,(H,20,24)(H2,21,22,23). The van der Waals surface area contributed by atoms with Crippen LogP contribution in [0.5, 0.6) is 5.75 Å². The molecular formula is C19H31N3O4. The van der Waals surface area contributed by atoms with Crippen molar-refractivity contribution in [2.24, 2.45) is 5.92 Å². The summed E-state index contributed by atoms with van der Waals surface area (Å²) in [4.78, 5) is 24.3. The summed E-state index contributed by atoms with van der Waals surface area (Å²) >= 11 is 0. The summed E-state index contributed by atoms with van der Waals surface area (Å²) in [5.41, 5.74) is -0.570. The molecule has 1 aromatic carbocycles. The molecule has 0 bridgehead atoms. The summed E-state index contributed by atoms with van der Waals surface area (Å²) < 4.78 is 10.3. The highest BCUT2D eigenvalue weighted by Gasteiger charge is 2.31. The molecule has 0 fully saturated rings. The highest BCUT2D eigenvalue weighted by atomic mass is 16.6. The molecule has 1 rings (SSSR count). The number of benzene rings is 1. The van der Waals surface area contributed by atoms with E-state index in [4.69, 9.17) is 9.47 Å². The van der Waals surface area contributed by atoms with Crippen molar-refractivity contribution in [3.8, 4) is 5.75 Å². The quantitative estimate of drug-likeness (QED) is 0.716. The van der Waals surface area contributed by atoms with E-state index in [0.29, 0.717) is 11.4 Å². The van der Waals surface area contributed by atoms with E-state index in [0.717, 1.165) is 0 Å². The lowest BCUT2D eigenvalue weighted by Gasteiger charge is -2.35. The zero-order chi connectivity index (χ0) is 20.0. The van der Waals surface area contributed by atoms with Gasteiger partial charge in [-0.1, -0.05) is 13.8 Å². The number of anilines is 1. The smallest absolute Gasteiger partial charge is 0.407 e. The average molecular weight is 365 g/mol. The molecule has 0 aliphatic carbocycles. The minimum Gasteiger partial charge on any atom is -0.497 e. The van der Waals surface area contributed by atoms with Crippen molar-refractivity contribution in [2.75, 3.05) is 19.0 Å². The number of hydrogen-bond donors (Lipinski definition) is 3. The largest absolute Gasteiger partial charge is 0.497 e. The summed E-state index contributed by atoms with van der Waals surface area (Å²) in [7, 11) is 1.58. The Bertz CT molecular complexity index is 608. The number of ether oxygens (including phenoxy) is 2. The Hall–Kier alpha value is -2.44. The molecule has 26 heavy (non-hydrogen) atoms. The molecule has 0 aliphatic heterocycles. The Labute approximate surface area is 155 Å². The van der Waals surface area contributed by atoms with Crippen LogP contribution in [0.1, 0.15) is 41.5 Å². The molecule has 146 valence electrons. The van der Waals surface area contributed by atoms with Crippen molar-refractivity contribution in [1.82, 2.24) is 10.6 Å². The Morgan fingerprint density at radius 1 is 1.08 bits per heavy atom. The van der Waals surface area contributed by atoms with Gasteiger partial charge in [0.1, 0.15) is 11.4 Å². The minimum atomic E-state index is -0.645. The van der Waals surface area contributed by atoms with Crippen molar-refractivity contribution >= 4 is 17.8 Å². The molecule has 1 unspecified atom stereocenters. The van der Waals surface area contributed by atoms with E-state index >= 15 is 0 Å². The topological polar surface area (TPSA) is 88.7 Å². The van der Waals surface area contributed by atoms with Crippen molar-refractivity contribution in [3.63, 3.8) is 0 Å². The van der Waals surface area contributed by atoms with E-state index in [9.17, 15) is 9.59 Å². The van der Waals surface area contributed by atoms with E-state index in [1.54, 1.807) is 52.1 Å². The van der Waals surface area contributed by atoms with Crippen LogP contribution in [0.4, 0.5) is 15.3 Å². The van der Waals surface area contributed by atoms with Crippen LogP contribution in [0.15, 0.2) is 24.3 Å².